The van der Waals surface area contributed by atoms with Gasteiger partial charge in [0, 0.05) is 27.3 Å². The zero-order chi connectivity index (χ0) is 8.32. The van der Waals surface area contributed by atoms with Crippen molar-refractivity contribution in [3.05, 3.63) is 0 Å². The van der Waals surface area contributed by atoms with Crippen molar-refractivity contribution in [1.82, 2.24) is 4.67 Å². The lowest BCUT2D eigenvalue weighted by Gasteiger charge is -2.22. The van der Waals surface area contributed by atoms with E-state index >= 15 is 0 Å². The Balaban J connectivity index is 2.60. The topological polar surface area (TPSA) is 38.8 Å². The van der Waals surface area contributed by atoms with Gasteiger partial charge in [-0.1, -0.05) is 0 Å². The molecule has 5 heteroatoms. The van der Waals surface area contributed by atoms with Gasteiger partial charge in [-0.15, -0.1) is 0 Å². The zero-order valence-electron chi connectivity index (χ0n) is 6.95. The van der Waals surface area contributed by atoms with E-state index in [1.807, 2.05) is 0 Å². The van der Waals surface area contributed by atoms with Crippen LogP contribution < -0.4 is 0 Å². The van der Waals surface area contributed by atoms with Crippen molar-refractivity contribution in [1.29, 1.82) is 0 Å². The molecule has 1 saturated heterocycles. The fourth-order valence-corrected chi connectivity index (χ4v) is 2.63. The Morgan fingerprint density at radius 3 is 2.00 bits per heavy atom. The van der Waals surface area contributed by atoms with Crippen LogP contribution in [-0.2, 0) is 13.6 Å². The van der Waals surface area contributed by atoms with E-state index in [-0.39, 0.29) is 0 Å². The van der Waals surface area contributed by atoms with Crippen LogP contribution in [0.1, 0.15) is 12.8 Å². The molecule has 11 heavy (non-hydrogen) atoms. The first-order valence-electron chi connectivity index (χ1n) is 3.70. The summed E-state index contributed by atoms with van der Waals surface area (Å²) in [7, 11) is -0.0570. The molecular weight excluding hydrogens is 165 g/mol. The minimum absolute atomic E-state index is 0.818. The minimum atomic E-state index is -2.90. The molecule has 1 rings (SSSR count). The van der Waals surface area contributed by atoms with Crippen molar-refractivity contribution in [2.45, 2.75) is 12.8 Å². The average Bonchev–Trinajstić information content (AvgIpc) is 2.55. The summed E-state index contributed by atoms with van der Waals surface area (Å²) in [6, 6.07) is 0. The average molecular weight is 179 g/mol. The summed E-state index contributed by atoms with van der Waals surface area (Å²) >= 11 is 0. The Hall–Kier alpha value is 0.110. The second kappa shape index (κ2) is 3.68. The molecule has 0 aliphatic carbocycles. The Labute approximate surface area is 67.1 Å². The van der Waals surface area contributed by atoms with Gasteiger partial charge in [0.2, 0.25) is 0 Å². The molecule has 66 valence electrons. The van der Waals surface area contributed by atoms with E-state index in [1.165, 1.54) is 14.2 Å². The summed E-state index contributed by atoms with van der Waals surface area (Å²) in [5, 5.41) is 0. The predicted octanol–water partition coefficient (Wildman–Crippen LogP) is 1.48. The fourth-order valence-electron chi connectivity index (χ4n) is 1.25. The van der Waals surface area contributed by atoms with Gasteiger partial charge in [0.1, 0.15) is 0 Å². The van der Waals surface area contributed by atoms with Crippen LogP contribution in [0.15, 0.2) is 0 Å². The minimum Gasteiger partial charge on any atom is -0.300 e. The van der Waals surface area contributed by atoms with E-state index in [0.717, 1.165) is 25.9 Å². The zero-order valence-corrected chi connectivity index (χ0v) is 7.84. The highest BCUT2D eigenvalue weighted by Crippen LogP contribution is 2.51. The first-order chi connectivity index (χ1) is 5.23. The third-order valence-corrected chi connectivity index (χ3v) is 3.91. The van der Waals surface area contributed by atoms with Crippen molar-refractivity contribution in [2.75, 3.05) is 27.3 Å². The molecule has 4 nitrogen and oxygen atoms in total. The summed E-state index contributed by atoms with van der Waals surface area (Å²) in [4.78, 5) is 0. The molecule has 0 N–H and O–H groups in total. The maximum absolute atomic E-state index is 11.6. The molecule has 0 amide bonds. The Morgan fingerprint density at radius 2 is 1.64 bits per heavy atom. The molecule has 0 spiro atoms. The number of hydrogen-bond donors (Lipinski definition) is 0. The van der Waals surface area contributed by atoms with E-state index in [2.05, 4.69) is 0 Å². The van der Waals surface area contributed by atoms with Crippen LogP contribution in [0.25, 0.3) is 0 Å². The molecule has 1 aliphatic rings. The van der Waals surface area contributed by atoms with E-state index < -0.39 is 7.75 Å². The molecule has 0 bridgehead atoms. The van der Waals surface area contributed by atoms with Gasteiger partial charge < -0.3 is 0 Å². The van der Waals surface area contributed by atoms with Gasteiger partial charge in [-0.2, -0.15) is 0 Å². The van der Waals surface area contributed by atoms with Crippen molar-refractivity contribution in [3.8, 4) is 0 Å². The van der Waals surface area contributed by atoms with Crippen molar-refractivity contribution < 1.29 is 13.6 Å². The van der Waals surface area contributed by atoms with Gasteiger partial charge in [0.15, 0.2) is 0 Å². The molecule has 0 aromatic carbocycles. The molecule has 0 aromatic heterocycles. The first kappa shape index (κ1) is 9.20. The quantitative estimate of drug-likeness (QED) is 0.615. The molecule has 0 radical (unpaired) electrons. The number of hydrogen-bond acceptors (Lipinski definition) is 3. The van der Waals surface area contributed by atoms with Gasteiger partial charge >= 0.3 is 7.75 Å². The molecular formula is C6H14NO3P. The van der Waals surface area contributed by atoms with Gasteiger partial charge in [0.25, 0.3) is 0 Å². The lowest BCUT2D eigenvalue weighted by molar-refractivity contribution is 0.221. The van der Waals surface area contributed by atoms with Crippen LogP contribution in [-0.4, -0.2) is 32.0 Å². The van der Waals surface area contributed by atoms with Gasteiger partial charge in [0.05, 0.1) is 0 Å². The summed E-state index contributed by atoms with van der Waals surface area (Å²) in [5.74, 6) is 0. The van der Waals surface area contributed by atoms with E-state index in [9.17, 15) is 4.57 Å². The van der Waals surface area contributed by atoms with E-state index in [0.29, 0.717) is 0 Å². The Kier molecular flexibility index (Phi) is 3.07. The maximum atomic E-state index is 11.6. The maximum Gasteiger partial charge on any atom is 0.407 e. The summed E-state index contributed by atoms with van der Waals surface area (Å²) < 4.78 is 23.1. The van der Waals surface area contributed by atoms with Crippen LogP contribution in [0.5, 0.6) is 0 Å². The van der Waals surface area contributed by atoms with E-state index in [1.54, 1.807) is 4.67 Å². The summed E-state index contributed by atoms with van der Waals surface area (Å²) in [6.45, 7) is 1.64. The number of nitrogens with zero attached hydrogens (tertiary/aromatic N) is 1. The molecule has 1 fully saturated rings. The van der Waals surface area contributed by atoms with Crippen LogP contribution in [0.3, 0.4) is 0 Å². The van der Waals surface area contributed by atoms with Crippen molar-refractivity contribution in [3.63, 3.8) is 0 Å². The SMILES string of the molecule is COP(=O)(OC)N1CCCC1. The standard InChI is InChI=1S/C6H14NO3P/c1-9-11(8,10-2)7-5-3-4-6-7/h3-6H2,1-2H3. The van der Waals surface area contributed by atoms with Gasteiger partial charge in [-0.3, -0.25) is 9.05 Å². The molecule has 0 atom stereocenters. The smallest absolute Gasteiger partial charge is 0.300 e. The highest BCUT2D eigenvalue weighted by atomic mass is 31.2. The van der Waals surface area contributed by atoms with Crippen LogP contribution in [0.4, 0.5) is 0 Å². The third kappa shape index (κ3) is 1.82. The fraction of sp³-hybridized carbons (Fsp3) is 1.00. The molecule has 0 saturated carbocycles. The second-order valence-corrected chi connectivity index (χ2v) is 4.73. The highest BCUT2D eigenvalue weighted by molar-refractivity contribution is 7.51. The molecule has 0 unspecified atom stereocenters. The van der Waals surface area contributed by atoms with Gasteiger partial charge in [-0.25, -0.2) is 9.24 Å². The summed E-state index contributed by atoms with van der Waals surface area (Å²) in [5.41, 5.74) is 0. The lowest BCUT2D eigenvalue weighted by Crippen LogP contribution is -2.17. The monoisotopic (exact) mass is 179 g/mol. The van der Waals surface area contributed by atoms with Crippen LogP contribution in [0.2, 0.25) is 0 Å². The van der Waals surface area contributed by atoms with E-state index in [4.69, 9.17) is 9.05 Å². The molecule has 0 aromatic rings. The van der Waals surface area contributed by atoms with Crippen molar-refractivity contribution in [2.24, 2.45) is 0 Å². The molecule has 1 aliphatic heterocycles. The van der Waals surface area contributed by atoms with Crippen LogP contribution in [0, 0.1) is 0 Å². The lowest BCUT2D eigenvalue weighted by atomic mass is 10.4. The van der Waals surface area contributed by atoms with Gasteiger partial charge in [-0.05, 0) is 12.8 Å². The van der Waals surface area contributed by atoms with Crippen LogP contribution >= 0.6 is 7.75 Å². The number of rotatable bonds is 3. The Bertz CT molecular complexity index is 159. The highest BCUT2D eigenvalue weighted by Gasteiger charge is 2.32. The molecule has 1 heterocycles. The largest absolute Gasteiger partial charge is 0.407 e. The van der Waals surface area contributed by atoms with Crippen molar-refractivity contribution >= 4 is 7.75 Å². The predicted molar refractivity (Wildman–Crippen MR) is 42.4 cm³/mol. The Morgan fingerprint density at radius 1 is 1.18 bits per heavy atom. The summed E-state index contributed by atoms with van der Waals surface area (Å²) in [6.07, 6.45) is 2.16. The normalized spacial score (nSPS) is 20.9. The second-order valence-electron chi connectivity index (χ2n) is 2.49. The third-order valence-electron chi connectivity index (χ3n) is 1.89. The first-order valence-corrected chi connectivity index (χ1v) is 5.19.